The first kappa shape index (κ1) is 26.3. The summed E-state index contributed by atoms with van der Waals surface area (Å²) in [4.78, 5) is 24.9. The van der Waals surface area contributed by atoms with Crippen molar-refractivity contribution in [3.8, 4) is 0 Å². The van der Waals surface area contributed by atoms with E-state index in [4.69, 9.17) is 25.7 Å². The molecule has 7 heteroatoms. The molecule has 0 radical (unpaired) electrons. The molecule has 2 unspecified atom stereocenters. The highest BCUT2D eigenvalue weighted by atomic mass is 15.3. The molecule has 4 aromatic rings. The molecular weight excluding hydrogens is 470 g/mol. The summed E-state index contributed by atoms with van der Waals surface area (Å²) in [5.41, 5.74) is 10.7. The summed E-state index contributed by atoms with van der Waals surface area (Å²) in [6.07, 6.45) is 4.11. The van der Waals surface area contributed by atoms with Crippen molar-refractivity contribution in [2.24, 2.45) is 5.73 Å². The van der Waals surface area contributed by atoms with Gasteiger partial charge < -0.3 is 15.5 Å². The second-order valence-corrected chi connectivity index (χ2v) is 10.4. The van der Waals surface area contributed by atoms with Crippen molar-refractivity contribution in [1.29, 1.82) is 0 Å². The van der Waals surface area contributed by atoms with Gasteiger partial charge in [0.25, 0.3) is 0 Å². The fourth-order valence-corrected chi connectivity index (χ4v) is 6.26. The SMILES string of the molecule is CCN(CC)c1nc(C2CCCC(CN)(c3nc(N(CC)CC)nc4ccccc34)C2)c2ccccc2n1. The van der Waals surface area contributed by atoms with Crippen molar-refractivity contribution in [1.82, 2.24) is 19.9 Å². The third-order valence-electron chi connectivity index (χ3n) is 8.43. The minimum Gasteiger partial charge on any atom is -0.341 e. The first-order valence-electron chi connectivity index (χ1n) is 14.3. The predicted molar refractivity (Wildman–Crippen MR) is 158 cm³/mol. The van der Waals surface area contributed by atoms with Gasteiger partial charge in [-0.1, -0.05) is 42.8 Å². The molecule has 200 valence electrons. The highest BCUT2D eigenvalue weighted by molar-refractivity contribution is 5.84. The Morgan fingerprint density at radius 2 is 1.32 bits per heavy atom. The van der Waals surface area contributed by atoms with Crippen LogP contribution in [0.1, 0.15) is 70.7 Å². The first-order chi connectivity index (χ1) is 18.6. The smallest absolute Gasteiger partial charge is 0.226 e. The van der Waals surface area contributed by atoms with E-state index in [1.54, 1.807) is 0 Å². The molecule has 1 aliphatic rings. The Morgan fingerprint density at radius 1 is 0.763 bits per heavy atom. The van der Waals surface area contributed by atoms with Crippen LogP contribution in [0, 0.1) is 0 Å². The lowest BCUT2D eigenvalue weighted by Crippen LogP contribution is -2.41. The molecule has 38 heavy (non-hydrogen) atoms. The maximum atomic E-state index is 6.71. The maximum Gasteiger partial charge on any atom is 0.226 e. The first-order valence-corrected chi connectivity index (χ1v) is 14.3. The molecule has 0 bridgehead atoms. The molecule has 0 aliphatic heterocycles. The Balaban J connectivity index is 1.65. The van der Waals surface area contributed by atoms with E-state index in [1.165, 1.54) is 0 Å². The normalized spacial score (nSPS) is 19.7. The monoisotopic (exact) mass is 511 g/mol. The van der Waals surface area contributed by atoms with E-state index >= 15 is 0 Å². The van der Waals surface area contributed by atoms with Gasteiger partial charge in [-0.25, -0.2) is 19.9 Å². The summed E-state index contributed by atoms with van der Waals surface area (Å²) in [6.45, 7) is 12.7. The molecule has 1 aliphatic carbocycles. The predicted octanol–water partition coefficient (Wildman–Crippen LogP) is 5.82. The van der Waals surface area contributed by atoms with Crippen LogP contribution < -0.4 is 15.5 Å². The Kier molecular flexibility index (Phi) is 7.75. The number of rotatable bonds is 9. The minimum absolute atomic E-state index is 0.241. The third kappa shape index (κ3) is 4.68. The van der Waals surface area contributed by atoms with Gasteiger partial charge in [0.15, 0.2) is 0 Å². The molecule has 0 amide bonds. The molecule has 0 saturated heterocycles. The second kappa shape index (κ2) is 11.2. The van der Waals surface area contributed by atoms with Crippen LogP contribution in [0.3, 0.4) is 0 Å². The number of anilines is 2. The highest BCUT2D eigenvalue weighted by Crippen LogP contribution is 2.47. The van der Waals surface area contributed by atoms with Crippen molar-refractivity contribution >= 4 is 33.7 Å². The molecule has 0 spiro atoms. The molecular formula is C31H41N7. The van der Waals surface area contributed by atoms with Crippen LogP contribution in [0.5, 0.6) is 0 Å². The lowest BCUT2D eigenvalue weighted by molar-refractivity contribution is 0.265. The van der Waals surface area contributed by atoms with E-state index in [0.717, 1.165) is 97.0 Å². The summed E-state index contributed by atoms with van der Waals surface area (Å²) < 4.78 is 0. The van der Waals surface area contributed by atoms with Crippen molar-refractivity contribution in [2.75, 3.05) is 42.5 Å². The van der Waals surface area contributed by atoms with Crippen molar-refractivity contribution in [2.45, 2.75) is 64.7 Å². The van der Waals surface area contributed by atoms with Gasteiger partial charge in [-0.3, -0.25) is 0 Å². The molecule has 7 nitrogen and oxygen atoms in total. The lowest BCUT2D eigenvalue weighted by atomic mass is 9.66. The minimum atomic E-state index is -0.241. The summed E-state index contributed by atoms with van der Waals surface area (Å²) in [5, 5.41) is 2.27. The molecule has 2 atom stereocenters. The second-order valence-electron chi connectivity index (χ2n) is 10.4. The van der Waals surface area contributed by atoms with E-state index in [-0.39, 0.29) is 11.3 Å². The summed E-state index contributed by atoms with van der Waals surface area (Å²) in [5.74, 6) is 1.90. The van der Waals surface area contributed by atoms with E-state index in [2.05, 4.69) is 86.0 Å². The number of fused-ring (bicyclic) bond motifs is 2. The van der Waals surface area contributed by atoms with Gasteiger partial charge in [0.1, 0.15) is 0 Å². The number of hydrogen-bond donors (Lipinski definition) is 1. The molecule has 5 rings (SSSR count). The van der Waals surface area contributed by atoms with Gasteiger partial charge in [0.2, 0.25) is 11.9 Å². The molecule has 1 fully saturated rings. The zero-order chi connectivity index (χ0) is 26.7. The number of nitrogens with zero attached hydrogens (tertiary/aromatic N) is 6. The lowest BCUT2D eigenvalue weighted by Gasteiger charge is -2.41. The van der Waals surface area contributed by atoms with E-state index < -0.39 is 0 Å². The highest BCUT2D eigenvalue weighted by Gasteiger charge is 2.41. The van der Waals surface area contributed by atoms with Crippen LogP contribution in [-0.2, 0) is 5.41 Å². The summed E-state index contributed by atoms with van der Waals surface area (Å²) in [6, 6.07) is 16.9. The maximum absolute atomic E-state index is 6.71. The van der Waals surface area contributed by atoms with Crippen molar-refractivity contribution < 1.29 is 0 Å². The largest absolute Gasteiger partial charge is 0.341 e. The number of nitrogens with two attached hydrogens (primary N) is 1. The van der Waals surface area contributed by atoms with Crippen molar-refractivity contribution in [3.63, 3.8) is 0 Å². The molecule has 2 aromatic heterocycles. The zero-order valence-corrected chi connectivity index (χ0v) is 23.3. The number of hydrogen-bond acceptors (Lipinski definition) is 7. The van der Waals surface area contributed by atoms with Gasteiger partial charge in [-0.2, -0.15) is 0 Å². The van der Waals surface area contributed by atoms with Gasteiger partial charge in [-0.15, -0.1) is 0 Å². The Labute approximate surface area is 226 Å². The Bertz CT molecular complexity index is 1400. The zero-order valence-electron chi connectivity index (χ0n) is 23.3. The van der Waals surface area contributed by atoms with E-state index in [0.29, 0.717) is 6.54 Å². The quantitative estimate of drug-likeness (QED) is 0.303. The topological polar surface area (TPSA) is 84.1 Å². The van der Waals surface area contributed by atoms with Gasteiger partial charge in [0, 0.05) is 54.8 Å². The number of benzene rings is 2. The molecule has 2 N–H and O–H groups in total. The van der Waals surface area contributed by atoms with Crippen LogP contribution in [0.15, 0.2) is 48.5 Å². The summed E-state index contributed by atoms with van der Waals surface area (Å²) in [7, 11) is 0. The van der Waals surface area contributed by atoms with E-state index in [9.17, 15) is 0 Å². The Hall–Kier alpha value is -3.32. The summed E-state index contributed by atoms with van der Waals surface area (Å²) >= 11 is 0. The van der Waals surface area contributed by atoms with Gasteiger partial charge in [-0.05, 0) is 59.1 Å². The molecule has 1 saturated carbocycles. The fourth-order valence-electron chi connectivity index (χ4n) is 6.26. The molecule has 2 aromatic carbocycles. The fraction of sp³-hybridized carbons (Fsp3) is 0.484. The Morgan fingerprint density at radius 3 is 1.92 bits per heavy atom. The van der Waals surface area contributed by atoms with E-state index in [1.807, 2.05) is 0 Å². The molecule has 2 heterocycles. The van der Waals surface area contributed by atoms with Gasteiger partial charge >= 0.3 is 0 Å². The average Bonchev–Trinajstić information content (AvgIpc) is 2.97. The standard InChI is InChI=1S/C31H41N7/c1-5-37(6-2)29-33-25-17-11-9-15-23(25)27(35-29)22-14-13-19-31(20-22,21-32)28-24-16-10-12-18-26(24)34-30(36-28)38(7-3)8-4/h9-12,15-18,22H,5-8,13-14,19-21,32H2,1-4H3. The van der Waals surface area contributed by atoms with Crippen LogP contribution in [0.25, 0.3) is 21.8 Å². The average molecular weight is 512 g/mol. The van der Waals surface area contributed by atoms with Gasteiger partial charge in [0.05, 0.1) is 22.4 Å². The number of aromatic nitrogens is 4. The van der Waals surface area contributed by atoms with Crippen LogP contribution in [-0.4, -0.2) is 52.7 Å². The van der Waals surface area contributed by atoms with Crippen molar-refractivity contribution in [3.05, 3.63) is 59.9 Å². The van der Waals surface area contributed by atoms with Crippen LogP contribution in [0.2, 0.25) is 0 Å². The third-order valence-corrected chi connectivity index (χ3v) is 8.43. The number of para-hydroxylation sites is 2. The van der Waals surface area contributed by atoms with Crippen LogP contribution in [0.4, 0.5) is 11.9 Å². The van der Waals surface area contributed by atoms with Crippen LogP contribution >= 0.6 is 0 Å².